The van der Waals surface area contributed by atoms with Gasteiger partial charge < -0.3 is 5.32 Å². The lowest BCUT2D eigenvalue weighted by molar-refractivity contribution is -0.121. The van der Waals surface area contributed by atoms with Gasteiger partial charge in [-0.25, -0.2) is 0 Å². The van der Waals surface area contributed by atoms with Crippen LogP contribution in [-0.4, -0.2) is 23.0 Å². The Balaban J connectivity index is 1.76. The largest absolute Gasteiger partial charge is 0.352 e. The molecule has 16 heavy (non-hydrogen) atoms. The van der Waals surface area contributed by atoms with Crippen LogP contribution in [0.15, 0.2) is 0 Å². The Hall–Kier alpha value is -0.180. The fourth-order valence-electron chi connectivity index (χ4n) is 2.67. The summed E-state index contributed by atoms with van der Waals surface area (Å²) in [6.45, 7) is 0. The van der Waals surface area contributed by atoms with Gasteiger partial charge in [0.1, 0.15) is 0 Å². The van der Waals surface area contributed by atoms with Crippen LogP contribution in [0, 0.1) is 0 Å². The molecular formula is C13H23NOS. The molecule has 1 saturated heterocycles. The molecule has 1 amide bonds. The number of nitrogens with one attached hydrogen (secondary N) is 1. The Kier molecular flexibility index (Phi) is 5.01. The quantitative estimate of drug-likeness (QED) is 0.753. The molecule has 1 unspecified atom stereocenters. The van der Waals surface area contributed by atoms with E-state index in [2.05, 4.69) is 5.32 Å². The maximum Gasteiger partial charge on any atom is 0.233 e. The van der Waals surface area contributed by atoms with Crippen molar-refractivity contribution in [2.75, 3.05) is 5.75 Å². The zero-order valence-electron chi connectivity index (χ0n) is 10.0. The second-order valence-corrected chi connectivity index (χ2v) is 6.36. The first-order valence-electron chi connectivity index (χ1n) is 6.78. The summed E-state index contributed by atoms with van der Waals surface area (Å²) in [5.74, 6) is 1.49. The van der Waals surface area contributed by atoms with Gasteiger partial charge in [0, 0.05) is 6.04 Å². The minimum absolute atomic E-state index is 0.247. The number of amides is 1. The molecule has 1 N–H and O–H groups in total. The lowest BCUT2D eigenvalue weighted by Gasteiger charge is -2.24. The molecule has 2 nitrogen and oxygen atoms in total. The predicted molar refractivity (Wildman–Crippen MR) is 69.7 cm³/mol. The van der Waals surface area contributed by atoms with Crippen molar-refractivity contribution >= 4 is 17.7 Å². The van der Waals surface area contributed by atoms with Crippen LogP contribution in [0.1, 0.15) is 57.8 Å². The summed E-state index contributed by atoms with van der Waals surface area (Å²) in [4.78, 5) is 12.0. The Morgan fingerprint density at radius 1 is 0.938 bits per heavy atom. The van der Waals surface area contributed by atoms with Crippen LogP contribution >= 0.6 is 11.8 Å². The SMILES string of the molecule is O=C(NC1CCCCCC1)C1CCCCS1. The van der Waals surface area contributed by atoms with Crippen molar-refractivity contribution < 1.29 is 4.79 Å². The number of carbonyl (C=O) groups is 1. The summed E-state index contributed by atoms with van der Waals surface area (Å²) in [6.07, 6.45) is 11.3. The molecule has 0 aromatic carbocycles. The van der Waals surface area contributed by atoms with Gasteiger partial charge >= 0.3 is 0 Å². The number of hydrogen-bond donors (Lipinski definition) is 1. The standard InChI is InChI=1S/C13H23NOS/c15-13(12-9-5-6-10-16-12)14-11-7-3-1-2-4-8-11/h11-12H,1-10H2,(H,14,15). The third kappa shape index (κ3) is 3.69. The molecule has 0 radical (unpaired) electrons. The van der Waals surface area contributed by atoms with Crippen molar-refractivity contribution in [3.8, 4) is 0 Å². The number of thioether (sulfide) groups is 1. The van der Waals surface area contributed by atoms with Crippen LogP contribution < -0.4 is 5.32 Å². The van der Waals surface area contributed by atoms with E-state index in [1.54, 1.807) is 0 Å². The topological polar surface area (TPSA) is 29.1 Å². The lowest BCUT2D eigenvalue weighted by Crippen LogP contribution is -2.40. The summed E-state index contributed by atoms with van der Waals surface area (Å²) in [5, 5.41) is 3.52. The number of rotatable bonds is 2. The first-order chi connectivity index (χ1) is 7.86. The summed E-state index contributed by atoms with van der Waals surface area (Å²) in [7, 11) is 0. The first-order valence-corrected chi connectivity index (χ1v) is 7.83. The molecule has 1 heterocycles. The Bertz CT molecular complexity index is 218. The van der Waals surface area contributed by atoms with Crippen molar-refractivity contribution in [3.05, 3.63) is 0 Å². The fourth-order valence-corrected chi connectivity index (χ4v) is 3.87. The molecule has 2 aliphatic rings. The molecule has 1 aliphatic carbocycles. The van der Waals surface area contributed by atoms with Gasteiger partial charge in [-0.15, -0.1) is 11.8 Å². The number of hydrogen-bond acceptors (Lipinski definition) is 2. The van der Waals surface area contributed by atoms with E-state index in [0.29, 0.717) is 11.9 Å². The lowest BCUT2D eigenvalue weighted by atomic mass is 10.1. The Labute approximate surface area is 103 Å². The van der Waals surface area contributed by atoms with Crippen molar-refractivity contribution in [2.24, 2.45) is 0 Å². The Morgan fingerprint density at radius 3 is 2.25 bits per heavy atom. The van der Waals surface area contributed by atoms with Crippen LogP contribution in [0.2, 0.25) is 0 Å². The highest BCUT2D eigenvalue weighted by Gasteiger charge is 2.24. The molecule has 0 spiro atoms. The minimum Gasteiger partial charge on any atom is -0.352 e. The van der Waals surface area contributed by atoms with Crippen LogP contribution in [0.4, 0.5) is 0 Å². The molecular weight excluding hydrogens is 218 g/mol. The molecule has 1 saturated carbocycles. The van der Waals surface area contributed by atoms with Gasteiger partial charge in [0.05, 0.1) is 5.25 Å². The van der Waals surface area contributed by atoms with E-state index in [-0.39, 0.29) is 5.25 Å². The smallest absolute Gasteiger partial charge is 0.233 e. The third-order valence-electron chi connectivity index (χ3n) is 3.67. The van der Waals surface area contributed by atoms with Crippen molar-refractivity contribution in [2.45, 2.75) is 69.1 Å². The van der Waals surface area contributed by atoms with Crippen LogP contribution in [0.5, 0.6) is 0 Å². The monoisotopic (exact) mass is 241 g/mol. The molecule has 0 bridgehead atoms. The van der Waals surface area contributed by atoms with E-state index in [4.69, 9.17) is 0 Å². The normalized spacial score (nSPS) is 28.4. The van der Waals surface area contributed by atoms with Gasteiger partial charge in [-0.1, -0.05) is 32.1 Å². The van der Waals surface area contributed by atoms with E-state index in [1.807, 2.05) is 11.8 Å². The molecule has 3 heteroatoms. The Morgan fingerprint density at radius 2 is 1.62 bits per heavy atom. The third-order valence-corrected chi connectivity index (χ3v) is 5.05. The zero-order chi connectivity index (χ0) is 11.2. The van der Waals surface area contributed by atoms with Crippen LogP contribution in [-0.2, 0) is 4.79 Å². The zero-order valence-corrected chi connectivity index (χ0v) is 10.9. The van der Waals surface area contributed by atoms with E-state index in [1.165, 1.54) is 57.1 Å². The summed E-state index contributed by atoms with van der Waals surface area (Å²) in [5.41, 5.74) is 0. The predicted octanol–water partition coefficient (Wildman–Crippen LogP) is 3.11. The summed E-state index contributed by atoms with van der Waals surface area (Å²) < 4.78 is 0. The fraction of sp³-hybridized carbons (Fsp3) is 0.923. The summed E-state index contributed by atoms with van der Waals surface area (Å²) in [6, 6.07) is 0.470. The summed E-state index contributed by atoms with van der Waals surface area (Å²) >= 11 is 1.85. The van der Waals surface area contributed by atoms with E-state index in [9.17, 15) is 4.79 Å². The van der Waals surface area contributed by atoms with Crippen molar-refractivity contribution in [1.29, 1.82) is 0 Å². The second kappa shape index (κ2) is 6.53. The molecule has 2 fully saturated rings. The molecule has 1 atom stereocenters. The van der Waals surface area contributed by atoms with Gasteiger partial charge in [-0.05, 0) is 31.4 Å². The van der Waals surface area contributed by atoms with Gasteiger partial charge in [-0.2, -0.15) is 0 Å². The van der Waals surface area contributed by atoms with E-state index in [0.717, 1.165) is 6.42 Å². The highest BCUT2D eigenvalue weighted by molar-refractivity contribution is 8.00. The van der Waals surface area contributed by atoms with Gasteiger partial charge in [-0.3, -0.25) is 4.79 Å². The van der Waals surface area contributed by atoms with E-state index < -0.39 is 0 Å². The minimum atomic E-state index is 0.247. The van der Waals surface area contributed by atoms with Gasteiger partial charge in [0.15, 0.2) is 0 Å². The molecule has 1 aliphatic heterocycles. The number of carbonyl (C=O) groups excluding carboxylic acids is 1. The van der Waals surface area contributed by atoms with Gasteiger partial charge in [0.2, 0.25) is 5.91 Å². The molecule has 0 aromatic heterocycles. The van der Waals surface area contributed by atoms with Crippen molar-refractivity contribution in [3.63, 3.8) is 0 Å². The van der Waals surface area contributed by atoms with Crippen LogP contribution in [0.3, 0.4) is 0 Å². The van der Waals surface area contributed by atoms with Gasteiger partial charge in [0.25, 0.3) is 0 Å². The van der Waals surface area contributed by atoms with Crippen LogP contribution in [0.25, 0.3) is 0 Å². The molecule has 0 aromatic rings. The van der Waals surface area contributed by atoms with Crippen molar-refractivity contribution in [1.82, 2.24) is 5.32 Å². The molecule has 92 valence electrons. The highest BCUT2D eigenvalue weighted by atomic mass is 32.2. The average Bonchev–Trinajstić information content (AvgIpc) is 2.59. The maximum absolute atomic E-state index is 12.0. The molecule has 2 rings (SSSR count). The maximum atomic E-state index is 12.0. The van der Waals surface area contributed by atoms with E-state index >= 15 is 0 Å². The average molecular weight is 241 g/mol. The first kappa shape index (κ1) is 12.3. The second-order valence-electron chi connectivity index (χ2n) is 5.05. The highest BCUT2D eigenvalue weighted by Crippen LogP contribution is 2.26.